The van der Waals surface area contributed by atoms with Gasteiger partial charge >= 0.3 is 0 Å². The van der Waals surface area contributed by atoms with Crippen molar-refractivity contribution >= 4 is 87.7 Å². The summed E-state index contributed by atoms with van der Waals surface area (Å²) in [6, 6.07) is 132. The Morgan fingerprint density at radius 2 is 0.402 bits per heavy atom. The standard InChI is InChI=1S/2C52H32N4/c1-2-15-38-37(14-1)39-16-3-4-17-41(39)43-23-11-22-36(50(43)42-19-6-5-18-40(38)42)33-30-34(55-46-24-9-7-20-44(46)51-48(55)26-12-28-53-51)32-35(31-33)56-47-25-10-8-21-45(47)52-49(56)27-13-29-54-52;1-2-14-38-37(13-1)39-15-3-4-17-41(39)43-26-25-33(31-46(43)42-18-6-5-16-40(38)42)34-29-35(55-47-21-9-7-19-44(47)51-49(55)23-11-27-53-51)32-36(30-34)56-48-22-10-8-20-45(48)52-50(56)24-12-28-54-52/h2*1-32H. The van der Waals surface area contributed by atoms with Gasteiger partial charge in [-0.1, -0.05) is 249 Å². The molecule has 2 aliphatic rings. The number of benzene rings is 14. The van der Waals surface area contributed by atoms with Gasteiger partial charge in [-0.2, -0.15) is 0 Å². The van der Waals surface area contributed by atoms with Crippen LogP contribution in [0.5, 0.6) is 0 Å². The molecule has 0 saturated carbocycles. The SMILES string of the molecule is c1ccc2c(c1)-c1ccccc1-c1ccc(-c3cc(-n4c5ccccc5c5ncccc54)cc(-n4c5ccccc5c5ncccc54)c3)cc1-c1ccccc1-2.c1ccc2c(c1)-c1ccccc1-c1cccc(-c3cc(-n4c5ccccc5c5ncccc54)cc(-n4c5ccccc5c5ncccc54)c3)c1-c1ccccc1-2. The molecule has 0 bridgehead atoms. The van der Waals surface area contributed by atoms with Gasteiger partial charge in [0.25, 0.3) is 0 Å². The van der Waals surface area contributed by atoms with E-state index in [-0.39, 0.29) is 0 Å². The fourth-order valence-corrected chi connectivity index (χ4v) is 18.5. The molecule has 0 unspecified atom stereocenters. The van der Waals surface area contributed by atoms with Crippen LogP contribution in [-0.2, 0) is 0 Å². The molecule has 520 valence electrons. The molecule has 0 saturated heterocycles. The van der Waals surface area contributed by atoms with Gasteiger partial charge in [0.15, 0.2) is 0 Å². The van der Waals surface area contributed by atoms with Crippen LogP contribution in [-0.4, -0.2) is 38.2 Å². The Bertz CT molecular complexity index is 7130. The van der Waals surface area contributed by atoms with Gasteiger partial charge in [-0.25, -0.2) is 0 Å². The number of aromatic nitrogens is 8. The summed E-state index contributed by atoms with van der Waals surface area (Å²) in [4.78, 5) is 19.5. The molecule has 8 heteroatoms. The maximum Gasteiger partial charge on any atom is 0.0963 e. The van der Waals surface area contributed by atoms with Crippen molar-refractivity contribution in [1.82, 2.24) is 38.2 Å². The lowest BCUT2D eigenvalue weighted by Crippen LogP contribution is -2.02. The van der Waals surface area contributed by atoms with Crippen LogP contribution in [0.1, 0.15) is 0 Å². The Morgan fingerprint density at radius 1 is 0.152 bits per heavy atom. The molecule has 24 rings (SSSR count). The molecule has 0 atom stereocenters. The first kappa shape index (κ1) is 63.0. The lowest BCUT2D eigenvalue weighted by Gasteiger charge is -2.25. The van der Waals surface area contributed by atoms with Crippen molar-refractivity contribution < 1.29 is 0 Å². The number of hydrogen-bond acceptors (Lipinski definition) is 4. The molecule has 0 fully saturated rings. The van der Waals surface area contributed by atoms with E-state index in [4.69, 9.17) is 19.9 Å². The molecule has 0 radical (unpaired) electrons. The second-order valence-corrected chi connectivity index (χ2v) is 29.1. The van der Waals surface area contributed by atoms with Gasteiger partial charge in [-0.3, -0.25) is 19.9 Å². The normalized spacial score (nSPS) is 11.9. The van der Waals surface area contributed by atoms with E-state index in [1.54, 1.807) is 0 Å². The highest BCUT2D eigenvalue weighted by atomic mass is 15.0. The summed E-state index contributed by atoms with van der Waals surface area (Å²) in [7, 11) is 0. The monoisotopic (exact) mass is 1420 g/mol. The van der Waals surface area contributed by atoms with Crippen LogP contribution in [0.15, 0.2) is 389 Å². The van der Waals surface area contributed by atoms with Crippen molar-refractivity contribution in [3.63, 3.8) is 0 Å². The molecule has 14 aromatic carbocycles. The Hall–Kier alpha value is -15.1. The van der Waals surface area contributed by atoms with Crippen LogP contribution < -0.4 is 0 Å². The largest absolute Gasteiger partial charge is 0.308 e. The highest BCUT2D eigenvalue weighted by molar-refractivity contribution is 6.13. The number of nitrogens with zero attached hydrogens (tertiary/aromatic N) is 8. The molecule has 8 aromatic heterocycles. The maximum absolute atomic E-state index is 4.90. The van der Waals surface area contributed by atoms with E-state index >= 15 is 0 Å². The third-order valence-electron chi connectivity index (χ3n) is 23.1. The lowest BCUT2D eigenvalue weighted by molar-refractivity contribution is 1.13. The molecule has 22 aromatic rings. The Morgan fingerprint density at radius 3 is 0.750 bits per heavy atom. The summed E-state index contributed by atoms with van der Waals surface area (Å²) in [5, 5.41) is 4.52. The molecule has 0 aliphatic heterocycles. The van der Waals surface area contributed by atoms with Crippen LogP contribution in [0.4, 0.5) is 0 Å². The second kappa shape index (κ2) is 25.3. The average molecular weight is 1430 g/mol. The molecule has 0 amide bonds. The van der Waals surface area contributed by atoms with E-state index in [0.29, 0.717) is 0 Å². The fraction of sp³-hybridized carbons (Fsp3) is 0. The first-order chi connectivity index (χ1) is 55.6. The molecule has 112 heavy (non-hydrogen) atoms. The number of fused-ring (bicyclic) bond motifs is 28. The quantitative estimate of drug-likeness (QED) is 0.166. The predicted molar refractivity (Wildman–Crippen MR) is 463 cm³/mol. The van der Waals surface area contributed by atoms with Crippen molar-refractivity contribution in [3.8, 4) is 134 Å². The Kier molecular flexibility index (Phi) is 14.2. The summed E-state index contributed by atoms with van der Waals surface area (Å²) < 4.78 is 9.49. The summed E-state index contributed by atoms with van der Waals surface area (Å²) in [5.74, 6) is 0. The average Bonchev–Trinajstić information content (AvgIpc) is 1.26. The van der Waals surface area contributed by atoms with E-state index in [1.165, 1.54) is 94.6 Å². The smallest absolute Gasteiger partial charge is 0.0963 e. The summed E-state index contributed by atoms with van der Waals surface area (Å²) in [6.07, 6.45) is 7.55. The van der Waals surface area contributed by atoms with E-state index < -0.39 is 0 Å². The van der Waals surface area contributed by atoms with Crippen LogP contribution >= 0.6 is 0 Å². The minimum atomic E-state index is 0.991. The molecule has 8 heterocycles. The molecule has 2 aliphatic carbocycles. The minimum absolute atomic E-state index is 0.991. The number of rotatable bonds is 6. The van der Waals surface area contributed by atoms with Crippen LogP contribution in [0.25, 0.3) is 222 Å². The topological polar surface area (TPSA) is 71.3 Å². The van der Waals surface area contributed by atoms with E-state index in [0.717, 1.165) is 127 Å². The van der Waals surface area contributed by atoms with Gasteiger partial charge in [-0.05, 0) is 227 Å². The van der Waals surface area contributed by atoms with Crippen LogP contribution in [0, 0.1) is 0 Å². The highest BCUT2D eigenvalue weighted by Crippen LogP contribution is 2.53. The summed E-state index contributed by atoms with van der Waals surface area (Å²) in [5.41, 5.74) is 41.3. The van der Waals surface area contributed by atoms with Crippen molar-refractivity contribution in [2.24, 2.45) is 0 Å². The van der Waals surface area contributed by atoms with Gasteiger partial charge in [0.05, 0.1) is 66.2 Å². The number of hydrogen-bond donors (Lipinski definition) is 0. The van der Waals surface area contributed by atoms with Gasteiger partial charge in [-0.15, -0.1) is 0 Å². The van der Waals surface area contributed by atoms with Crippen molar-refractivity contribution in [2.75, 3.05) is 0 Å². The van der Waals surface area contributed by atoms with Crippen molar-refractivity contribution in [1.29, 1.82) is 0 Å². The van der Waals surface area contributed by atoms with E-state index in [2.05, 4.69) is 358 Å². The van der Waals surface area contributed by atoms with Crippen molar-refractivity contribution in [2.45, 2.75) is 0 Å². The third kappa shape index (κ3) is 9.68. The maximum atomic E-state index is 4.90. The summed E-state index contributed by atoms with van der Waals surface area (Å²) >= 11 is 0. The number of para-hydroxylation sites is 4. The van der Waals surface area contributed by atoms with Gasteiger partial charge in [0, 0.05) is 69.1 Å². The summed E-state index contributed by atoms with van der Waals surface area (Å²) in [6.45, 7) is 0. The lowest BCUT2D eigenvalue weighted by atomic mass is 9.78. The minimum Gasteiger partial charge on any atom is -0.308 e. The van der Waals surface area contributed by atoms with E-state index in [1.807, 2.05) is 49.1 Å². The third-order valence-corrected chi connectivity index (χ3v) is 23.1. The first-order valence-corrected chi connectivity index (χ1v) is 38.2. The molecular weight excluding hydrogens is 1360 g/mol. The molecule has 0 N–H and O–H groups in total. The van der Waals surface area contributed by atoms with E-state index in [9.17, 15) is 0 Å². The van der Waals surface area contributed by atoms with Gasteiger partial charge < -0.3 is 18.3 Å². The predicted octanol–water partition coefficient (Wildman–Crippen LogP) is 26.6. The first-order valence-electron chi connectivity index (χ1n) is 38.2. The second-order valence-electron chi connectivity index (χ2n) is 29.1. The molecule has 8 nitrogen and oxygen atoms in total. The molecule has 0 spiro atoms. The van der Waals surface area contributed by atoms with Gasteiger partial charge in [0.2, 0.25) is 0 Å². The van der Waals surface area contributed by atoms with Crippen LogP contribution in [0.3, 0.4) is 0 Å². The zero-order valence-electron chi connectivity index (χ0n) is 60.5. The van der Waals surface area contributed by atoms with Gasteiger partial charge in [0.1, 0.15) is 0 Å². The zero-order valence-corrected chi connectivity index (χ0v) is 60.5. The van der Waals surface area contributed by atoms with Crippen LogP contribution in [0.2, 0.25) is 0 Å². The number of pyridine rings is 4. The zero-order chi connectivity index (χ0) is 73.5. The van der Waals surface area contributed by atoms with Crippen molar-refractivity contribution in [3.05, 3.63) is 389 Å². The fourth-order valence-electron chi connectivity index (χ4n) is 18.5. The highest BCUT2D eigenvalue weighted by Gasteiger charge is 2.28. The Balaban J connectivity index is 0.000000134. The molecular formula is C104H64N8. The Labute approximate surface area is 644 Å².